The fourth-order valence-electron chi connectivity index (χ4n) is 0. The summed E-state index contributed by atoms with van der Waals surface area (Å²) in [5, 5.41) is 15.9. The number of aliphatic hydroxyl groups excluding tert-OH is 1. The van der Waals surface area contributed by atoms with E-state index in [-0.39, 0.29) is 115 Å². The van der Waals surface area contributed by atoms with Gasteiger partial charge in [-0.15, -0.1) is 0 Å². The molecular weight excluding hydrogens is 543 g/mol. The van der Waals surface area contributed by atoms with Crippen molar-refractivity contribution < 1.29 is 128 Å². The summed E-state index contributed by atoms with van der Waals surface area (Å²) in [7, 11) is 0. The number of aliphatic carboxylic acids is 1. The molecule has 1 unspecified atom stereocenters. The van der Waals surface area contributed by atoms with Crippen molar-refractivity contribution in [3.63, 3.8) is 0 Å². The second kappa shape index (κ2) is 35.5. The van der Waals surface area contributed by atoms with E-state index < -0.39 is 12.1 Å². The summed E-state index contributed by atoms with van der Waals surface area (Å²) in [5.74, 6) is -0.796. The van der Waals surface area contributed by atoms with Gasteiger partial charge >= 0.3 is 0 Å². The van der Waals surface area contributed by atoms with Crippen molar-refractivity contribution in [2.75, 3.05) is 0 Å². The van der Waals surface area contributed by atoms with Crippen LogP contribution in [0.3, 0.4) is 0 Å². The fourth-order valence-corrected chi connectivity index (χ4v) is 0. The third-order valence-corrected chi connectivity index (χ3v) is 1.65. The summed E-state index contributed by atoms with van der Waals surface area (Å²) in [5.41, 5.74) is 0. The minimum absolute atomic E-state index is 0. The van der Waals surface area contributed by atoms with E-state index in [1.165, 1.54) is 47.5 Å². The molecule has 0 aliphatic rings. The number of ketones is 3. The summed E-state index contributed by atoms with van der Waals surface area (Å²) < 4.78 is 0. The smallest absolute Gasteiger partial charge is 0.163 e. The SMILES string of the molecule is CC(=O)C(C)O.C[CH-]C(=O)O.C[CH-]C(C)=O.C[CH-]C(C)=O.[Y].[Y].[Y]. The summed E-state index contributed by atoms with van der Waals surface area (Å²) >= 11 is 0. The molecule has 0 aliphatic heterocycles. The van der Waals surface area contributed by atoms with E-state index >= 15 is 0 Å². The van der Waals surface area contributed by atoms with Gasteiger partial charge in [-0.2, -0.15) is 20.8 Å². The third kappa shape index (κ3) is 90.5. The van der Waals surface area contributed by atoms with Crippen molar-refractivity contribution in [1.82, 2.24) is 0 Å². The molecule has 3 radical (unpaired) electrons. The topological polar surface area (TPSA) is 109 Å². The Bertz CT molecular complexity index is 274. The third-order valence-electron chi connectivity index (χ3n) is 1.65. The molecule has 2 N–H and O–H groups in total. The van der Waals surface area contributed by atoms with Crippen molar-refractivity contribution >= 4 is 23.3 Å². The van der Waals surface area contributed by atoms with Crippen LogP contribution in [-0.4, -0.2) is 39.6 Å². The second-order valence-corrected chi connectivity index (χ2v) is 3.71. The molecule has 24 heavy (non-hydrogen) atoms. The van der Waals surface area contributed by atoms with Crippen LogP contribution in [0.15, 0.2) is 0 Å². The van der Waals surface area contributed by atoms with Crippen molar-refractivity contribution in [3.8, 4) is 0 Å². The quantitative estimate of drug-likeness (QED) is 0.500. The molecule has 0 fully saturated rings. The molecular formula is C15H27O6Y3-3. The molecule has 0 spiro atoms. The maximum absolute atomic E-state index is 9.89. The van der Waals surface area contributed by atoms with Crippen LogP contribution in [-0.2, 0) is 117 Å². The van der Waals surface area contributed by atoms with Crippen molar-refractivity contribution in [1.29, 1.82) is 0 Å². The first kappa shape index (κ1) is 44.6. The fraction of sp³-hybridized carbons (Fsp3) is 0.533. The van der Waals surface area contributed by atoms with Gasteiger partial charge in [-0.25, -0.2) is 0 Å². The molecule has 135 valence electrons. The summed E-state index contributed by atoms with van der Waals surface area (Å²) in [6.07, 6.45) is 3.35. The molecule has 0 aliphatic carbocycles. The van der Waals surface area contributed by atoms with E-state index in [9.17, 15) is 19.2 Å². The minimum atomic E-state index is -0.870. The monoisotopic (exact) mass is 570 g/mol. The van der Waals surface area contributed by atoms with Gasteiger partial charge in [0.2, 0.25) is 0 Å². The largest absolute Gasteiger partial charge is 0.503 e. The average molecular weight is 570 g/mol. The number of hydrogen-bond donors (Lipinski definition) is 2. The van der Waals surface area contributed by atoms with Gasteiger partial charge in [-0.05, 0) is 39.3 Å². The predicted octanol–water partition coefficient (Wildman–Crippen LogP) is 1.84. The summed E-state index contributed by atoms with van der Waals surface area (Å²) in [4.78, 5) is 38.7. The van der Waals surface area contributed by atoms with Crippen molar-refractivity contribution in [2.24, 2.45) is 0 Å². The molecule has 0 aromatic heterocycles. The molecule has 0 saturated carbocycles. The molecule has 0 heterocycles. The van der Waals surface area contributed by atoms with Crippen LogP contribution in [0.2, 0.25) is 0 Å². The van der Waals surface area contributed by atoms with Gasteiger partial charge in [0.05, 0.1) is 0 Å². The Morgan fingerprint density at radius 1 is 0.750 bits per heavy atom. The first-order chi connectivity index (χ1) is 9.45. The normalized spacial score (nSPS) is 7.67. The molecule has 9 heteroatoms. The van der Waals surface area contributed by atoms with E-state index in [0.29, 0.717) is 0 Å². The number of hydrogen-bond acceptors (Lipinski definition) is 5. The second-order valence-electron chi connectivity index (χ2n) is 3.71. The van der Waals surface area contributed by atoms with Crippen LogP contribution >= 0.6 is 0 Å². The summed E-state index contributed by atoms with van der Waals surface area (Å²) in [6, 6.07) is 0. The van der Waals surface area contributed by atoms with Gasteiger partial charge in [0.15, 0.2) is 11.8 Å². The van der Waals surface area contributed by atoms with Crippen LogP contribution in [0.5, 0.6) is 0 Å². The number of carboxylic acids is 1. The molecule has 0 amide bonds. The standard InChI is InChI=1S/C4H8O2.2C4H7O.C3H5O2.3Y/c1-3(5)4(2)6;2*1-3-4(2)5;1-2-3(4)5;;;/h3,5H,1-2H3;2*3H,1-2H3;2H,1H3,(H,4,5);;;/q;3*-1;;;. The van der Waals surface area contributed by atoms with Gasteiger partial charge in [0.1, 0.15) is 6.10 Å². The van der Waals surface area contributed by atoms with Crippen LogP contribution in [0, 0.1) is 19.3 Å². The zero-order valence-corrected chi connectivity index (χ0v) is 24.1. The molecule has 0 bridgehead atoms. The van der Waals surface area contributed by atoms with Crippen LogP contribution in [0.25, 0.3) is 0 Å². The number of aliphatic hydroxyl groups is 1. The van der Waals surface area contributed by atoms with Crippen LogP contribution < -0.4 is 0 Å². The molecule has 0 aromatic rings. The van der Waals surface area contributed by atoms with E-state index in [1.54, 1.807) is 13.8 Å². The van der Waals surface area contributed by atoms with E-state index in [1.807, 2.05) is 0 Å². The zero-order valence-electron chi connectivity index (χ0n) is 15.6. The van der Waals surface area contributed by atoms with Gasteiger partial charge in [-0.3, -0.25) is 16.0 Å². The van der Waals surface area contributed by atoms with Crippen molar-refractivity contribution in [2.45, 2.75) is 54.6 Å². The Kier molecular flexibility index (Phi) is 66.0. The average Bonchev–Trinajstić information content (AvgIpc) is 2.40. The van der Waals surface area contributed by atoms with Crippen LogP contribution in [0.4, 0.5) is 0 Å². The maximum Gasteiger partial charge on any atom is 0.163 e. The number of Topliss-reactive ketones (excluding diaryl/α,β-unsaturated/α-hetero) is 3. The number of carbonyl (C=O) groups is 4. The maximum atomic E-state index is 9.89. The molecule has 1 atom stereocenters. The molecule has 0 aromatic carbocycles. The number of carboxylic acid groups (broad SMARTS) is 1. The Morgan fingerprint density at radius 3 is 0.875 bits per heavy atom. The number of rotatable bonds is 4. The minimum Gasteiger partial charge on any atom is -0.503 e. The summed E-state index contributed by atoms with van der Waals surface area (Å²) in [6.45, 7) is 10.8. The Hall–Kier alpha value is 1.36. The molecule has 6 nitrogen and oxygen atoms in total. The number of carbonyl (C=O) groups excluding carboxylic acids is 3. The van der Waals surface area contributed by atoms with Gasteiger partial charge < -0.3 is 32.6 Å². The van der Waals surface area contributed by atoms with Gasteiger partial charge in [-0.1, -0.05) is 0 Å². The van der Waals surface area contributed by atoms with E-state index in [2.05, 4.69) is 0 Å². The van der Waals surface area contributed by atoms with E-state index in [4.69, 9.17) is 10.2 Å². The Morgan fingerprint density at radius 2 is 0.875 bits per heavy atom. The van der Waals surface area contributed by atoms with Crippen LogP contribution in [0.1, 0.15) is 48.5 Å². The Labute approximate surface area is 221 Å². The predicted molar refractivity (Wildman–Crippen MR) is 81.3 cm³/mol. The Balaban J connectivity index is -0.0000000309. The zero-order chi connectivity index (χ0) is 18.0. The first-order valence-corrected chi connectivity index (χ1v) is 6.26. The van der Waals surface area contributed by atoms with Gasteiger partial charge in [0.25, 0.3) is 0 Å². The van der Waals surface area contributed by atoms with E-state index in [0.717, 1.165) is 6.42 Å². The molecule has 0 rings (SSSR count). The van der Waals surface area contributed by atoms with Gasteiger partial charge in [0, 0.05) is 98.1 Å². The first-order valence-electron chi connectivity index (χ1n) is 6.26. The molecule has 0 saturated heterocycles. The van der Waals surface area contributed by atoms with Crippen molar-refractivity contribution in [3.05, 3.63) is 19.3 Å².